The van der Waals surface area contributed by atoms with Crippen LogP contribution >= 0.6 is 0 Å². The number of nitrogens with zero attached hydrogens (tertiary/aromatic N) is 1. The van der Waals surface area contributed by atoms with Crippen LogP contribution in [0.2, 0.25) is 0 Å². The highest BCUT2D eigenvalue weighted by molar-refractivity contribution is 7.89. The average molecular weight is 308 g/mol. The van der Waals surface area contributed by atoms with Gasteiger partial charge in [-0.2, -0.15) is 4.31 Å². The Bertz CT molecular complexity index is 575. The summed E-state index contributed by atoms with van der Waals surface area (Å²) < 4.78 is 27.4. The van der Waals surface area contributed by atoms with E-state index in [2.05, 4.69) is 12.2 Å². The van der Waals surface area contributed by atoms with Crippen LogP contribution in [0.25, 0.3) is 0 Å². The van der Waals surface area contributed by atoms with Crippen molar-refractivity contribution in [3.63, 3.8) is 0 Å². The first-order valence-electron chi connectivity index (χ1n) is 7.97. The molecular weight excluding hydrogens is 284 g/mol. The number of nitrogens with one attached hydrogen (secondary N) is 1. The van der Waals surface area contributed by atoms with Gasteiger partial charge in [0.15, 0.2) is 0 Å². The molecule has 0 aromatic heterocycles. The highest BCUT2D eigenvalue weighted by Crippen LogP contribution is 2.38. The molecule has 0 amide bonds. The van der Waals surface area contributed by atoms with E-state index in [1.165, 1.54) is 12.8 Å². The third-order valence-corrected chi connectivity index (χ3v) is 6.06. The molecule has 2 saturated carbocycles. The molecule has 0 saturated heterocycles. The van der Waals surface area contributed by atoms with Crippen LogP contribution in [0.1, 0.15) is 39.0 Å². The minimum atomic E-state index is -3.32. The molecule has 0 bridgehead atoms. The third-order valence-electron chi connectivity index (χ3n) is 4.13. The smallest absolute Gasteiger partial charge is 0.243 e. The molecule has 0 spiro atoms. The Labute approximate surface area is 127 Å². The number of hydrogen-bond donors (Lipinski definition) is 1. The van der Waals surface area contributed by atoms with E-state index in [0.29, 0.717) is 17.4 Å². The van der Waals surface area contributed by atoms with Crippen molar-refractivity contribution in [3.8, 4) is 0 Å². The molecule has 0 heterocycles. The van der Waals surface area contributed by atoms with Gasteiger partial charge in [0.2, 0.25) is 10.0 Å². The van der Waals surface area contributed by atoms with Crippen molar-refractivity contribution in [2.24, 2.45) is 5.92 Å². The SMILES string of the molecule is CCCNc1ccc(S(=O)(=O)N(CC2CC2)C2CC2)cc1. The molecule has 3 rings (SSSR count). The van der Waals surface area contributed by atoms with Gasteiger partial charge in [0.25, 0.3) is 0 Å². The molecule has 0 unspecified atom stereocenters. The van der Waals surface area contributed by atoms with Gasteiger partial charge < -0.3 is 5.32 Å². The normalized spacial score (nSPS) is 19.0. The van der Waals surface area contributed by atoms with E-state index in [1.807, 2.05) is 12.1 Å². The quantitative estimate of drug-likeness (QED) is 0.803. The van der Waals surface area contributed by atoms with Gasteiger partial charge in [0, 0.05) is 24.8 Å². The van der Waals surface area contributed by atoms with E-state index in [0.717, 1.165) is 31.5 Å². The first-order valence-corrected chi connectivity index (χ1v) is 9.41. The van der Waals surface area contributed by atoms with Crippen LogP contribution in [0.4, 0.5) is 5.69 Å². The molecule has 5 heteroatoms. The van der Waals surface area contributed by atoms with Gasteiger partial charge >= 0.3 is 0 Å². The zero-order chi connectivity index (χ0) is 14.9. The Balaban J connectivity index is 1.75. The third kappa shape index (κ3) is 3.58. The van der Waals surface area contributed by atoms with Crippen LogP contribution in [-0.4, -0.2) is 31.9 Å². The van der Waals surface area contributed by atoms with E-state index < -0.39 is 10.0 Å². The number of hydrogen-bond acceptors (Lipinski definition) is 3. The number of sulfonamides is 1. The molecule has 0 aliphatic heterocycles. The minimum Gasteiger partial charge on any atom is -0.385 e. The van der Waals surface area contributed by atoms with Crippen molar-refractivity contribution < 1.29 is 8.42 Å². The summed E-state index contributed by atoms with van der Waals surface area (Å²) in [4.78, 5) is 0.428. The summed E-state index contributed by atoms with van der Waals surface area (Å²) in [6.07, 6.45) is 5.44. The minimum absolute atomic E-state index is 0.244. The van der Waals surface area contributed by atoms with Crippen LogP contribution in [0.15, 0.2) is 29.2 Å². The molecule has 1 aromatic carbocycles. The maximum atomic E-state index is 12.8. The predicted octanol–water partition coefficient (Wildman–Crippen LogP) is 3.07. The molecule has 116 valence electrons. The fraction of sp³-hybridized carbons (Fsp3) is 0.625. The average Bonchev–Trinajstić information content (AvgIpc) is 3.36. The van der Waals surface area contributed by atoms with Gasteiger partial charge in [-0.05, 0) is 62.3 Å². The van der Waals surface area contributed by atoms with Gasteiger partial charge in [0.05, 0.1) is 4.90 Å². The summed E-state index contributed by atoms with van der Waals surface area (Å²) in [7, 11) is -3.32. The Morgan fingerprint density at radius 1 is 1.14 bits per heavy atom. The van der Waals surface area contributed by atoms with Crippen LogP contribution in [0.5, 0.6) is 0 Å². The van der Waals surface area contributed by atoms with Crippen molar-refractivity contribution in [1.82, 2.24) is 4.31 Å². The van der Waals surface area contributed by atoms with E-state index in [9.17, 15) is 8.42 Å². The fourth-order valence-electron chi connectivity index (χ4n) is 2.51. The Morgan fingerprint density at radius 2 is 1.81 bits per heavy atom. The van der Waals surface area contributed by atoms with Gasteiger partial charge in [-0.1, -0.05) is 6.92 Å². The summed E-state index contributed by atoms with van der Waals surface area (Å²) in [5.74, 6) is 0.589. The van der Waals surface area contributed by atoms with Crippen LogP contribution in [-0.2, 0) is 10.0 Å². The lowest BCUT2D eigenvalue weighted by atomic mass is 10.3. The molecule has 1 N–H and O–H groups in total. The highest BCUT2D eigenvalue weighted by Gasteiger charge is 2.40. The molecule has 4 nitrogen and oxygen atoms in total. The monoisotopic (exact) mass is 308 g/mol. The van der Waals surface area contributed by atoms with Crippen LogP contribution in [0, 0.1) is 5.92 Å². The fourth-order valence-corrected chi connectivity index (χ4v) is 4.27. The van der Waals surface area contributed by atoms with Gasteiger partial charge in [-0.15, -0.1) is 0 Å². The molecule has 2 aliphatic rings. The lowest BCUT2D eigenvalue weighted by molar-refractivity contribution is 0.389. The Morgan fingerprint density at radius 3 is 2.33 bits per heavy atom. The van der Waals surface area contributed by atoms with Crippen molar-refractivity contribution in [3.05, 3.63) is 24.3 Å². The second-order valence-electron chi connectivity index (χ2n) is 6.20. The number of anilines is 1. The zero-order valence-corrected chi connectivity index (χ0v) is 13.4. The second kappa shape index (κ2) is 5.97. The lowest BCUT2D eigenvalue weighted by Crippen LogP contribution is -2.34. The van der Waals surface area contributed by atoms with E-state index in [1.54, 1.807) is 16.4 Å². The molecule has 2 aliphatic carbocycles. The zero-order valence-electron chi connectivity index (χ0n) is 12.6. The number of rotatable bonds is 8. The first-order chi connectivity index (χ1) is 10.1. The summed E-state index contributed by atoms with van der Waals surface area (Å²) in [5, 5.41) is 3.27. The molecule has 21 heavy (non-hydrogen) atoms. The molecule has 1 aromatic rings. The van der Waals surface area contributed by atoms with E-state index in [-0.39, 0.29) is 6.04 Å². The van der Waals surface area contributed by atoms with Crippen LogP contribution < -0.4 is 5.32 Å². The maximum absolute atomic E-state index is 12.8. The summed E-state index contributed by atoms with van der Waals surface area (Å²) in [6.45, 7) is 3.72. The maximum Gasteiger partial charge on any atom is 0.243 e. The van der Waals surface area contributed by atoms with Crippen molar-refractivity contribution in [2.45, 2.75) is 50.0 Å². The topological polar surface area (TPSA) is 49.4 Å². The number of benzene rings is 1. The first kappa shape index (κ1) is 14.9. The van der Waals surface area contributed by atoms with Crippen LogP contribution in [0.3, 0.4) is 0 Å². The highest BCUT2D eigenvalue weighted by atomic mass is 32.2. The van der Waals surface area contributed by atoms with Gasteiger partial charge in [-0.3, -0.25) is 0 Å². The van der Waals surface area contributed by atoms with E-state index >= 15 is 0 Å². The van der Waals surface area contributed by atoms with Crippen molar-refractivity contribution >= 4 is 15.7 Å². The second-order valence-corrected chi connectivity index (χ2v) is 8.09. The predicted molar refractivity (Wildman–Crippen MR) is 84.9 cm³/mol. The molecule has 2 fully saturated rings. The summed E-state index contributed by atoms with van der Waals surface area (Å²) in [5.41, 5.74) is 0.982. The van der Waals surface area contributed by atoms with E-state index in [4.69, 9.17) is 0 Å². The van der Waals surface area contributed by atoms with Crippen molar-refractivity contribution in [2.75, 3.05) is 18.4 Å². The Kier molecular flexibility index (Phi) is 4.22. The largest absolute Gasteiger partial charge is 0.385 e. The van der Waals surface area contributed by atoms with Gasteiger partial charge in [0.1, 0.15) is 0 Å². The summed E-state index contributed by atoms with van der Waals surface area (Å²) in [6, 6.07) is 7.44. The van der Waals surface area contributed by atoms with Crippen molar-refractivity contribution in [1.29, 1.82) is 0 Å². The standard InChI is InChI=1S/C16H24N2O2S/c1-2-11-17-14-5-9-16(10-6-14)21(19,20)18(15-7-8-15)12-13-3-4-13/h5-6,9-10,13,15,17H,2-4,7-8,11-12H2,1H3. The van der Waals surface area contributed by atoms with Gasteiger partial charge in [-0.25, -0.2) is 8.42 Å². The lowest BCUT2D eigenvalue weighted by Gasteiger charge is -2.22. The molecule has 0 radical (unpaired) electrons. The molecule has 0 atom stereocenters. The summed E-state index contributed by atoms with van der Waals surface area (Å²) >= 11 is 0. The Hall–Kier alpha value is -1.07. The molecular formula is C16H24N2O2S.